The first kappa shape index (κ1) is 68.6. The van der Waals surface area contributed by atoms with Crippen LogP contribution in [0.1, 0.15) is 126 Å². The normalized spacial score (nSPS) is 36.4. The Balaban J connectivity index is 1.69. The van der Waals surface area contributed by atoms with Gasteiger partial charge in [0.05, 0.1) is 69.3 Å². The summed E-state index contributed by atoms with van der Waals surface area (Å²) in [6.07, 6.45) is 10.7. The van der Waals surface area contributed by atoms with Gasteiger partial charge in [0.15, 0.2) is 6.61 Å². The molecule has 0 aromatic heterocycles. The lowest BCUT2D eigenvalue weighted by atomic mass is 9.78. The molecular formula is C60H99N3O17. The van der Waals surface area contributed by atoms with Crippen molar-refractivity contribution in [1.29, 1.82) is 0 Å². The first-order chi connectivity index (χ1) is 38.2. The molecule has 3 aliphatic heterocycles. The standard InChI is InChI=1S/C60H99N3O17/c1-38-17-13-12-14-18-39(2)50(73-9)35-46-22-20-44(7)60(71,80-46)57(68)58(69)63-25-16-15-19-47(63)59(70)79-51(41(4)33-45-21-23-48(64)52(34-45)74-10)36-49(65)40(3)32-43(6)55(67)56(75-11)54(42(5)31-38)62-78-37-53(66)61-24-26-76-29-30-77-28-27-72-8/h12-14,17-18,32,38,40-42,44-52,55-56,64-65,67,71H,15-16,19-31,33-37H2,1-11H3,(H,61,66)/b14-12+,17-13+,39-18+,43-32+,62-54?/t38-,40-,41-,42-,44-,45+,46+,47+,48-,49-,50+,51+,52-,55-,56+,60-/m1/s1. The number of esters is 1. The fraction of sp³-hybridized carbons (Fsp3) is 0.783. The van der Waals surface area contributed by atoms with Gasteiger partial charge >= 0.3 is 5.97 Å². The molecule has 5 N–H and O–H groups in total. The molecule has 1 saturated carbocycles. The summed E-state index contributed by atoms with van der Waals surface area (Å²) < 4.78 is 46.0. The number of aliphatic hydroxyl groups is 4. The number of piperidine rings is 1. The van der Waals surface area contributed by atoms with Gasteiger partial charge in [-0.15, -0.1) is 0 Å². The molecule has 2 bridgehead atoms. The number of nitrogens with zero attached hydrogens (tertiary/aromatic N) is 2. The van der Waals surface area contributed by atoms with Crippen LogP contribution in [0.5, 0.6) is 0 Å². The number of ketones is 1. The third-order valence-corrected chi connectivity index (χ3v) is 16.4. The Hall–Kier alpha value is -3.93. The average Bonchev–Trinajstić information content (AvgIpc) is 3.58. The molecule has 0 aromatic rings. The van der Waals surface area contributed by atoms with Crippen molar-refractivity contribution in [2.45, 2.75) is 186 Å². The van der Waals surface area contributed by atoms with E-state index in [4.69, 9.17) is 42.7 Å². The second-order valence-electron chi connectivity index (χ2n) is 22.7. The number of carbonyl (C=O) groups is 4. The van der Waals surface area contributed by atoms with Crippen LogP contribution in [0.3, 0.4) is 0 Å². The third-order valence-electron chi connectivity index (χ3n) is 16.4. The predicted octanol–water partition coefficient (Wildman–Crippen LogP) is 5.57. The average molecular weight is 1130 g/mol. The van der Waals surface area contributed by atoms with E-state index in [-0.39, 0.29) is 62.3 Å². The highest BCUT2D eigenvalue weighted by molar-refractivity contribution is 6.39. The molecule has 456 valence electrons. The minimum atomic E-state index is -2.44. The Labute approximate surface area is 475 Å². The van der Waals surface area contributed by atoms with Gasteiger partial charge in [0.2, 0.25) is 5.79 Å². The maximum absolute atomic E-state index is 14.6. The maximum atomic E-state index is 14.6. The van der Waals surface area contributed by atoms with Crippen molar-refractivity contribution in [2.75, 3.05) is 81.2 Å². The lowest BCUT2D eigenvalue weighted by Gasteiger charge is -2.43. The fourth-order valence-electron chi connectivity index (χ4n) is 11.4. The minimum Gasteiger partial charge on any atom is -0.460 e. The number of aliphatic hydroxyl groups excluding tert-OH is 3. The smallest absolute Gasteiger partial charge is 0.329 e. The van der Waals surface area contributed by atoms with E-state index in [9.17, 15) is 39.6 Å². The summed E-state index contributed by atoms with van der Waals surface area (Å²) in [5.41, 5.74) is 1.70. The number of allylic oxidation sites excluding steroid dienone is 5. The number of oxime groups is 1. The van der Waals surface area contributed by atoms with Crippen LogP contribution in [0.15, 0.2) is 52.8 Å². The number of nitrogens with one attached hydrogen (secondary N) is 1. The number of Topliss-reactive ketones (excluding diaryl/α,β-unsaturated/α-hetero) is 1. The Morgan fingerprint density at radius 1 is 0.825 bits per heavy atom. The van der Waals surface area contributed by atoms with Crippen molar-refractivity contribution in [3.8, 4) is 0 Å². The SMILES string of the molecule is COCCOCCOCCNC(=O)CON=C1[C@H](C)C[C@H](C)/C=C/C=C/C=C(\C)[C@@H](OC)C[C@@H]2CC[C@@H](C)[C@@](O)(O2)C(=O)C(=O)N2CCCC[C@H]2C(=O)O[C@H]([C@H](C)C[C@@H]2CC[C@@H](O)[C@H](OC)C2)C[C@@H](O)[C@H](C)/C=C(\C)[C@@H](O)[C@H]1OC. The Morgan fingerprint density at radius 3 is 2.25 bits per heavy atom. The second kappa shape index (κ2) is 35.3. The summed E-state index contributed by atoms with van der Waals surface area (Å²) in [4.78, 5) is 63.1. The first-order valence-corrected chi connectivity index (χ1v) is 29.1. The zero-order valence-corrected chi connectivity index (χ0v) is 49.8. The van der Waals surface area contributed by atoms with Gasteiger partial charge in [-0.3, -0.25) is 14.4 Å². The zero-order chi connectivity index (χ0) is 58.9. The lowest BCUT2D eigenvalue weighted by Crippen LogP contribution is -2.61. The van der Waals surface area contributed by atoms with Crippen molar-refractivity contribution in [3.05, 3.63) is 47.6 Å². The van der Waals surface area contributed by atoms with Gasteiger partial charge in [-0.25, -0.2) is 4.79 Å². The molecule has 2 saturated heterocycles. The van der Waals surface area contributed by atoms with Gasteiger partial charge in [-0.05, 0) is 107 Å². The highest BCUT2D eigenvalue weighted by Gasteiger charge is 2.53. The summed E-state index contributed by atoms with van der Waals surface area (Å²) >= 11 is 0. The maximum Gasteiger partial charge on any atom is 0.329 e. The van der Waals surface area contributed by atoms with Gasteiger partial charge in [-0.1, -0.05) is 76.2 Å². The highest BCUT2D eigenvalue weighted by Crippen LogP contribution is 2.38. The zero-order valence-electron chi connectivity index (χ0n) is 49.8. The lowest BCUT2D eigenvalue weighted by molar-refractivity contribution is -0.265. The number of fused-ring (bicyclic) bond motifs is 3. The molecule has 0 radical (unpaired) electrons. The van der Waals surface area contributed by atoms with E-state index >= 15 is 0 Å². The van der Waals surface area contributed by atoms with E-state index in [0.717, 1.165) is 12.0 Å². The number of hydrogen-bond acceptors (Lipinski definition) is 18. The molecule has 0 aromatic carbocycles. The molecule has 3 heterocycles. The molecule has 0 spiro atoms. The van der Waals surface area contributed by atoms with Crippen molar-refractivity contribution in [2.24, 2.45) is 40.7 Å². The number of hydrogen-bond donors (Lipinski definition) is 5. The predicted molar refractivity (Wildman–Crippen MR) is 301 cm³/mol. The molecule has 20 heteroatoms. The van der Waals surface area contributed by atoms with E-state index in [1.54, 1.807) is 48.2 Å². The number of rotatable bonds is 18. The van der Waals surface area contributed by atoms with Gasteiger partial charge in [0, 0.05) is 72.1 Å². The molecule has 3 fully saturated rings. The number of cyclic esters (lactones) is 1. The van der Waals surface area contributed by atoms with Gasteiger partial charge < -0.3 is 73.4 Å². The Bertz CT molecular complexity index is 2070. The molecule has 2 amide bonds. The second-order valence-corrected chi connectivity index (χ2v) is 22.7. The number of amides is 2. The minimum absolute atomic E-state index is 0.00157. The van der Waals surface area contributed by atoms with Crippen LogP contribution >= 0.6 is 0 Å². The molecular weight excluding hydrogens is 1030 g/mol. The third kappa shape index (κ3) is 21.0. The Morgan fingerprint density at radius 2 is 1.55 bits per heavy atom. The number of ether oxygens (including phenoxy) is 8. The van der Waals surface area contributed by atoms with E-state index in [1.165, 1.54) is 12.0 Å². The topological polar surface area (TPSA) is 260 Å². The van der Waals surface area contributed by atoms with Gasteiger partial charge in [-0.2, -0.15) is 0 Å². The summed E-state index contributed by atoms with van der Waals surface area (Å²) in [7, 11) is 6.21. The van der Waals surface area contributed by atoms with Gasteiger partial charge in [0.1, 0.15) is 24.4 Å². The van der Waals surface area contributed by atoms with Crippen molar-refractivity contribution in [3.63, 3.8) is 0 Å². The van der Waals surface area contributed by atoms with Crippen LogP contribution in [-0.4, -0.2) is 196 Å². The van der Waals surface area contributed by atoms with Gasteiger partial charge in [0.25, 0.3) is 17.6 Å². The van der Waals surface area contributed by atoms with Crippen LogP contribution in [0, 0.1) is 35.5 Å². The molecule has 4 aliphatic rings. The molecule has 16 atom stereocenters. The van der Waals surface area contributed by atoms with Crippen LogP contribution in [0.2, 0.25) is 0 Å². The van der Waals surface area contributed by atoms with Crippen LogP contribution in [0.25, 0.3) is 0 Å². The van der Waals surface area contributed by atoms with E-state index < -0.39 is 96.6 Å². The van der Waals surface area contributed by atoms with Crippen LogP contribution < -0.4 is 5.32 Å². The van der Waals surface area contributed by atoms with Crippen LogP contribution in [-0.2, 0) is 61.9 Å². The van der Waals surface area contributed by atoms with E-state index in [2.05, 4.69) is 10.5 Å². The molecule has 1 aliphatic carbocycles. The summed E-state index contributed by atoms with van der Waals surface area (Å²) in [6.45, 7) is 15.0. The monoisotopic (exact) mass is 1130 g/mol. The van der Waals surface area contributed by atoms with Crippen molar-refractivity contribution in [1.82, 2.24) is 10.2 Å². The summed E-state index contributed by atoms with van der Waals surface area (Å²) in [5, 5.41) is 54.0. The fourth-order valence-corrected chi connectivity index (χ4v) is 11.4. The highest BCUT2D eigenvalue weighted by atomic mass is 16.6. The molecule has 80 heavy (non-hydrogen) atoms. The molecule has 0 unspecified atom stereocenters. The number of methoxy groups -OCH3 is 4. The Kier molecular flexibility index (Phi) is 30.2. The quantitative estimate of drug-likeness (QED) is 0.0369. The summed E-state index contributed by atoms with van der Waals surface area (Å²) in [6, 6.07) is -1.14. The molecule has 20 nitrogen and oxygen atoms in total. The summed E-state index contributed by atoms with van der Waals surface area (Å²) in [5.74, 6) is -7.58. The van der Waals surface area contributed by atoms with Crippen molar-refractivity contribution >= 4 is 29.3 Å². The van der Waals surface area contributed by atoms with E-state index in [0.29, 0.717) is 95.5 Å². The molecule has 4 rings (SSSR count). The number of carbonyl (C=O) groups excluding carboxylic acids is 4. The largest absolute Gasteiger partial charge is 0.460 e. The van der Waals surface area contributed by atoms with E-state index in [1.807, 2.05) is 58.1 Å². The van der Waals surface area contributed by atoms with Crippen LogP contribution in [0.4, 0.5) is 0 Å². The van der Waals surface area contributed by atoms with Crippen molar-refractivity contribution < 1.29 is 82.3 Å². The first-order valence-electron chi connectivity index (χ1n) is 29.1.